The Balaban J connectivity index is 1.70. The van der Waals surface area contributed by atoms with E-state index in [1.807, 2.05) is 17.4 Å². The number of nitrogens with two attached hydrogens (primary N) is 1. The largest absolute Gasteiger partial charge is 0.404 e. The zero-order valence-corrected chi connectivity index (χ0v) is 17.9. The standard InChI is InChI=1S/C28H20N2S/c1-18(16-29)14-21(17-30)19-10-12-20(13-11-19)25-15-27-28(23-7-3-2-6-22(23)25)24-8-4-5-9-26(24)31-27/h2-15,17H,30H2,1H3/b18-14+,21-17+. The monoisotopic (exact) mass is 416 g/mol. The van der Waals surface area contributed by atoms with Crippen molar-refractivity contribution < 1.29 is 0 Å². The summed E-state index contributed by atoms with van der Waals surface area (Å²) in [4.78, 5) is 0. The number of hydrogen-bond donors (Lipinski definition) is 1. The smallest absolute Gasteiger partial charge is 0.0944 e. The van der Waals surface area contributed by atoms with E-state index in [1.54, 1.807) is 13.1 Å². The van der Waals surface area contributed by atoms with E-state index in [1.165, 1.54) is 36.5 Å². The van der Waals surface area contributed by atoms with Gasteiger partial charge in [-0.15, -0.1) is 11.3 Å². The molecule has 2 nitrogen and oxygen atoms in total. The lowest BCUT2D eigenvalue weighted by atomic mass is 9.94. The molecule has 0 saturated heterocycles. The van der Waals surface area contributed by atoms with Crippen molar-refractivity contribution in [1.82, 2.24) is 0 Å². The molecule has 0 aliphatic heterocycles. The molecule has 5 aromatic rings. The summed E-state index contributed by atoms with van der Waals surface area (Å²) in [6.07, 6.45) is 3.36. The maximum absolute atomic E-state index is 9.07. The molecule has 0 bridgehead atoms. The van der Waals surface area contributed by atoms with E-state index in [0.29, 0.717) is 5.57 Å². The number of fused-ring (bicyclic) bond motifs is 5. The zero-order valence-electron chi connectivity index (χ0n) is 17.1. The predicted octanol–water partition coefficient (Wildman–Crippen LogP) is 7.64. The van der Waals surface area contributed by atoms with E-state index in [0.717, 1.165) is 16.7 Å². The van der Waals surface area contributed by atoms with Crippen LogP contribution in [0.1, 0.15) is 12.5 Å². The molecule has 0 fully saturated rings. The number of thiophene rings is 1. The van der Waals surface area contributed by atoms with Gasteiger partial charge in [0.05, 0.1) is 6.07 Å². The van der Waals surface area contributed by atoms with Crippen molar-refractivity contribution in [1.29, 1.82) is 5.26 Å². The molecule has 0 aliphatic rings. The third-order valence-electron chi connectivity index (χ3n) is 5.64. The van der Waals surface area contributed by atoms with Gasteiger partial charge in [-0.1, -0.05) is 66.7 Å². The molecule has 1 heterocycles. The first kappa shape index (κ1) is 19.1. The van der Waals surface area contributed by atoms with Crippen molar-refractivity contribution in [2.75, 3.05) is 0 Å². The van der Waals surface area contributed by atoms with Crippen molar-refractivity contribution >= 4 is 47.9 Å². The Bertz CT molecular complexity index is 1540. The van der Waals surface area contributed by atoms with Gasteiger partial charge in [-0.25, -0.2) is 0 Å². The summed E-state index contributed by atoms with van der Waals surface area (Å²) >= 11 is 1.84. The normalized spacial score (nSPS) is 12.5. The van der Waals surface area contributed by atoms with Gasteiger partial charge in [-0.3, -0.25) is 0 Å². The second-order valence-electron chi connectivity index (χ2n) is 7.58. The lowest BCUT2D eigenvalue weighted by molar-refractivity contribution is 1.44. The average molecular weight is 417 g/mol. The van der Waals surface area contributed by atoms with Crippen LogP contribution in [-0.2, 0) is 0 Å². The van der Waals surface area contributed by atoms with E-state index in [4.69, 9.17) is 11.0 Å². The lowest BCUT2D eigenvalue weighted by Crippen LogP contribution is -1.89. The van der Waals surface area contributed by atoms with Gasteiger partial charge in [0, 0.05) is 31.9 Å². The summed E-state index contributed by atoms with van der Waals surface area (Å²) in [7, 11) is 0. The van der Waals surface area contributed by atoms with Crippen molar-refractivity contribution in [2.24, 2.45) is 5.73 Å². The van der Waals surface area contributed by atoms with Crippen molar-refractivity contribution in [3.05, 3.63) is 102 Å². The molecule has 0 radical (unpaired) electrons. The number of nitriles is 1. The predicted molar refractivity (Wildman–Crippen MR) is 134 cm³/mol. The van der Waals surface area contributed by atoms with Gasteiger partial charge in [-0.2, -0.15) is 5.26 Å². The number of allylic oxidation sites excluding steroid dienone is 3. The lowest BCUT2D eigenvalue weighted by Gasteiger charge is -2.10. The van der Waals surface area contributed by atoms with Gasteiger partial charge in [0.2, 0.25) is 0 Å². The van der Waals surface area contributed by atoms with Crippen molar-refractivity contribution in [2.45, 2.75) is 6.92 Å². The molecule has 0 unspecified atom stereocenters. The highest BCUT2D eigenvalue weighted by atomic mass is 32.1. The highest BCUT2D eigenvalue weighted by Gasteiger charge is 2.13. The number of hydrogen-bond acceptors (Lipinski definition) is 3. The molecule has 3 heteroatoms. The molecule has 0 saturated carbocycles. The van der Waals surface area contributed by atoms with Crippen molar-refractivity contribution in [3.63, 3.8) is 0 Å². The third-order valence-corrected chi connectivity index (χ3v) is 6.76. The molecule has 0 atom stereocenters. The quantitative estimate of drug-likeness (QED) is 0.243. The molecule has 31 heavy (non-hydrogen) atoms. The van der Waals surface area contributed by atoms with Crippen LogP contribution in [0.15, 0.2) is 96.7 Å². The Morgan fingerprint density at radius 1 is 0.871 bits per heavy atom. The van der Waals surface area contributed by atoms with Gasteiger partial charge < -0.3 is 5.73 Å². The Morgan fingerprint density at radius 2 is 1.55 bits per heavy atom. The van der Waals surface area contributed by atoms with Crippen LogP contribution in [0.4, 0.5) is 0 Å². The van der Waals surface area contributed by atoms with Gasteiger partial charge in [0.15, 0.2) is 0 Å². The van der Waals surface area contributed by atoms with Gasteiger partial charge in [0.1, 0.15) is 0 Å². The van der Waals surface area contributed by atoms with Crippen LogP contribution in [-0.4, -0.2) is 0 Å². The summed E-state index contributed by atoms with van der Waals surface area (Å²) in [5, 5.41) is 14.3. The van der Waals surface area contributed by atoms with E-state index in [9.17, 15) is 0 Å². The molecule has 5 rings (SSSR count). The summed E-state index contributed by atoms with van der Waals surface area (Å²) in [5.74, 6) is 0. The van der Waals surface area contributed by atoms with Crippen molar-refractivity contribution in [3.8, 4) is 17.2 Å². The Hall–Kier alpha value is -3.87. The summed E-state index contributed by atoms with van der Waals surface area (Å²) < 4.78 is 2.61. The zero-order chi connectivity index (χ0) is 21.4. The van der Waals surface area contributed by atoms with Crippen LogP contribution in [0.5, 0.6) is 0 Å². The molecule has 4 aromatic carbocycles. The molecule has 2 N–H and O–H groups in total. The molecule has 0 spiro atoms. The SMILES string of the molecule is C/C(C#N)=C\C(=C/N)c1ccc(-c2cc3sc4ccccc4c3c3ccccc23)cc1. The minimum Gasteiger partial charge on any atom is -0.404 e. The Labute approximate surface area is 185 Å². The Kier molecular flexibility index (Phi) is 4.78. The molecular weight excluding hydrogens is 396 g/mol. The van der Waals surface area contributed by atoms with Crippen LogP contribution < -0.4 is 5.73 Å². The van der Waals surface area contributed by atoms with E-state index in [2.05, 4.69) is 84.9 Å². The minimum atomic E-state index is 0.627. The van der Waals surface area contributed by atoms with Crippen LogP contribution in [0.25, 0.3) is 47.6 Å². The van der Waals surface area contributed by atoms with E-state index in [-0.39, 0.29) is 0 Å². The summed E-state index contributed by atoms with van der Waals surface area (Å²) in [6.45, 7) is 1.78. The molecule has 1 aromatic heterocycles. The van der Waals surface area contributed by atoms with Crippen LogP contribution >= 0.6 is 11.3 Å². The summed E-state index contributed by atoms with van der Waals surface area (Å²) in [5.41, 5.74) is 10.7. The van der Waals surface area contributed by atoms with E-state index < -0.39 is 0 Å². The van der Waals surface area contributed by atoms with Crippen LogP contribution in [0.3, 0.4) is 0 Å². The minimum absolute atomic E-state index is 0.627. The highest BCUT2D eigenvalue weighted by Crippen LogP contribution is 2.42. The molecule has 148 valence electrons. The molecule has 0 amide bonds. The first-order chi connectivity index (χ1) is 15.2. The Morgan fingerprint density at radius 3 is 2.26 bits per heavy atom. The second-order valence-corrected chi connectivity index (χ2v) is 8.66. The average Bonchev–Trinajstić information content (AvgIpc) is 3.20. The van der Waals surface area contributed by atoms with E-state index >= 15 is 0 Å². The maximum Gasteiger partial charge on any atom is 0.0944 e. The van der Waals surface area contributed by atoms with Gasteiger partial charge in [-0.05, 0) is 58.2 Å². The maximum atomic E-state index is 9.07. The van der Waals surface area contributed by atoms with Crippen LogP contribution in [0, 0.1) is 11.3 Å². The fourth-order valence-electron chi connectivity index (χ4n) is 4.16. The molecule has 0 aliphatic carbocycles. The second kappa shape index (κ2) is 7.75. The fourth-order valence-corrected chi connectivity index (χ4v) is 5.33. The fraction of sp³-hybridized carbons (Fsp3) is 0.0357. The third kappa shape index (κ3) is 3.28. The highest BCUT2D eigenvalue weighted by molar-refractivity contribution is 7.26. The molecular formula is C28H20N2S. The van der Waals surface area contributed by atoms with Gasteiger partial charge in [0.25, 0.3) is 0 Å². The first-order valence-corrected chi connectivity index (χ1v) is 11.0. The van der Waals surface area contributed by atoms with Gasteiger partial charge >= 0.3 is 0 Å². The van der Waals surface area contributed by atoms with Crippen LogP contribution in [0.2, 0.25) is 0 Å². The first-order valence-electron chi connectivity index (χ1n) is 10.1. The number of nitrogens with zero attached hydrogens (tertiary/aromatic N) is 1. The number of rotatable bonds is 3. The topological polar surface area (TPSA) is 49.8 Å². The summed E-state index contributed by atoms with van der Waals surface area (Å²) in [6, 6.07) is 30.1. The number of benzene rings is 4.